The van der Waals surface area contributed by atoms with Crippen LogP contribution in [0.1, 0.15) is 29.3 Å². The Bertz CT molecular complexity index is 1570. The first kappa shape index (κ1) is 21.5. The van der Waals surface area contributed by atoms with Crippen LogP contribution in [0.4, 0.5) is 11.4 Å². The highest BCUT2D eigenvalue weighted by atomic mass is 16.5. The zero-order valence-corrected chi connectivity index (χ0v) is 18.8. The summed E-state index contributed by atoms with van der Waals surface area (Å²) in [5.74, 6) is 0.153. The van der Waals surface area contributed by atoms with Crippen LogP contribution in [0.2, 0.25) is 0 Å². The van der Waals surface area contributed by atoms with Crippen molar-refractivity contribution < 1.29 is 13.7 Å². The predicted molar refractivity (Wildman–Crippen MR) is 133 cm³/mol. The number of carbonyl (C=O) groups excluding carboxylic acids is 1. The second-order valence-electron chi connectivity index (χ2n) is 8.13. The molecule has 34 heavy (non-hydrogen) atoms. The van der Waals surface area contributed by atoms with E-state index in [0.29, 0.717) is 40.0 Å². The summed E-state index contributed by atoms with van der Waals surface area (Å²) < 4.78 is 11.0. The normalized spacial score (nSPS) is 11.1. The van der Waals surface area contributed by atoms with E-state index < -0.39 is 11.5 Å². The number of carbonyl (C=O) groups is 1. The van der Waals surface area contributed by atoms with Gasteiger partial charge in [-0.15, -0.1) is 0 Å². The molecule has 2 aromatic heterocycles. The van der Waals surface area contributed by atoms with E-state index in [1.807, 2.05) is 50.2 Å². The number of hydrogen-bond acceptors (Lipinski definition) is 6. The van der Waals surface area contributed by atoms with E-state index in [0.717, 1.165) is 22.9 Å². The Morgan fingerprint density at radius 1 is 0.971 bits per heavy atom. The maximum absolute atomic E-state index is 13.2. The molecular weight excluding hydrogens is 430 g/mol. The van der Waals surface area contributed by atoms with Crippen LogP contribution in [0, 0.1) is 6.92 Å². The van der Waals surface area contributed by atoms with Gasteiger partial charge >= 0.3 is 5.63 Å². The lowest BCUT2D eigenvalue weighted by Gasteiger charge is -2.14. The molecule has 0 fully saturated rings. The van der Waals surface area contributed by atoms with E-state index in [4.69, 9.17) is 8.94 Å². The van der Waals surface area contributed by atoms with Crippen molar-refractivity contribution in [2.24, 2.45) is 0 Å². The number of benzene rings is 3. The Morgan fingerprint density at radius 2 is 1.76 bits per heavy atom. The Balaban J connectivity index is 1.54. The highest BCUT2D eigenvalue weighted by molar-refractivity contribution is 6.10. The SMILES string of the molecule is CCCNc1c(NC(=O)c2ccc3noc(-c4ccc(C)cc4)c3c2)c(=O)oc2ccccc12. The maximum atomic E-state index is 13.2. The summed E-state index contributed by atoms with van der Waals surface area (Å²) >= 11 is 0. The lowest BCUT2D eigenvalue weighted by molar-refractivity contribution is 0.102. The summed E-state index contributed by atoms with van der Waals surface area (Å²) in [6.45, 7) is 4.68. The number of amides is 1. The highest BCUT2D eigenvalue weighted by Gasteiger charge is 2.19. The summed E-state index contributed by atoms with van der Waals surface area (Å²) in [6.07, 6.45) is 0.855. The first-order valence-electron chi connectivity index (χ1n) is 11.1. The second kappa shape index (κ2) is 8.86. The van der Waals surface area contributed by atoms with Gasteiger partial charge in [0.15, 0.2) is 11.4 Å². The topological polar surface area (TPSA) is 97.4 Å². The van der Waals surface area contributed by atoms with Crippen molar-refractivity contribution in [2.75, 3.05) is 17.2 Å². The van der Waals surface area contributed by atoms with E-state index in [1.165, 1.54) is 0 Å². The number of para-hydroxylation sites is 1. The standard InChI is InChI=1S/C27H23N3O4/c1-3-14-28-23-19-6-4-5-7-22(19)33-27(32)24(23)29-26(31)18-12-13-21-20(15-18)25(34-30-21)17-10-8-16(2)9-11-17/h4-13,15,28H,3,14H2,1-2H3,(H,29,31). The molecule has 0 radical (unpaired) electrons. The van der Waals surface area contributed by atoms with Gasteiger partial charge in [-0.25, -0.2) is 4.79 Å². The minimum Gasteiger partial charge on any atom is -0.421 e. The molecule has 7 nitrogen and oxygen atoms in total. The van der Waals surface area contributed by atoms with Crippen LogP contribution in [0.15, 0.2) is 80.5 Å². The molecule has 7 heteroatoms. The Labute approximate surface area is 195 Å². The molecule has 0 aliphatic carbocycles. The van der Waals surface area contributed by atoms with Crippen LogP contribution < -0.4 is 16.3 Å². The van der Waals surface area contributed by atoms with Gasteiger partial charge in [0.2, 0.25) is 0 Å². The number of aromatic nitrogens is 1. The van der Waals surface area contributed by atoms with Crippen LogP contribution in [0.5, 0.6) is 0 Å². The van der Waals surface area contributed by atoms with Gasteiger partial charge in [0.05, 0.1) is 11.1 Å². The van der Waals surface area contributed by atoms with Gasteiger partial charge in [-0.2, -0.15) is 0 Å². The Hall–Kier alpha value is -4.39. The number of fused-ring (bicyclic) bond motifs is 2. The van der Waals surface area contributed by atoms with Gasteiger partial charge < -0.3 is 19.6 Å². The van der Waals surface area contributed by atoms with Crippen molar-refractivity contribution in [3.05, 3.63) is 88.3 Å². The Kier molecular flexibility index (Phi) is 5.59. The van der Waals surface area contributed by atoms with Crippen molar-refractivity contribution in [3.8, 4) is 11.3 Å². The van der Waals surface area contributed by atoms with E-state index in [-0.39, 0.29) is 5.69 Å². The molecule has 1 amide bonds. The van der Waals surface area contributed by atoms with E-state index in [2.05, 4.69) is 15.8 Å². The molecular formula is C27H23N3O4. The summed E-state index contributed by atoms with van der Waals surface area (Å²) in [4.78, 5) is 26.0. The van der Waals surface area contributed by atoms with Gasteiger partial charge in [0.25, 0.3) is 5.91 Å². The largest absolute Gasteiger partial charge is 0.421 e. The smallest absolute Gasteiger partial charge is 0.362 e. The van der Waals surface area contributed by atoms with Crippen LogP contribution in [-0.4, -0.2) is 17.6 Å². The molecule has 0 saturated carbocycles. The van der Waals surface area contributed by atoms with Crippen molar-refractivity contribution in [3.63, 3.8) is 0 Å². The molecule has 0 spiro atoms. The quantitative estimate of drug-likeness (QED) is 0.307. The monoisotopic (exact) mass is 453 g/mol. The van der Waals surface area contributed by atoms with Crippen molar-refractivity contribution in [1.29, 1.82) is 0 Å². The van der Waals surface area contributed by atoms with Gasteiger partial charge in [-0.1, -0.05) is 54.0 Å². The maximum Gasteiger partial charge on any atom is 0.362 e. The molecule has 2 N–H and O–H groups in total. The molecule has 5 rings (SSSR count). The lowest BCUT2D eigenvalue weighted by atomic mass is 10.0. The van der Waals surface area contributed by atoms with Crippen LogP contribution in [0.3, 0.4) is 0 Å². The summed E-state index contributed by atoms with van der Waals surface area (Å²) in [5, 5.41) is 11.6. The number of nitrogens with one attached hydrogen (secondary N) is 2. The Morgan fingerprint density at radius 3 is 2.56 bits per heavy atom. The summed E-state index contributed by atoms with van der Waals surface area (Å²) in [6, 6.07) is 20.2. The predicted octanol–water partition coefficient (Wildman–Crippen LogP) is 5.98. The summed E-state index contributed by atoms with van der Waals surface area (Å²) in [5.41, 5.74) is 3.49. The fraction of sp³-hybridized carbons (Fsp3) is 0.148. The van der Waals surface area contributed by atoms with Crippen molar-refractivity contribution in [1.82, 2.24) is 5.16 Å². The first-order valence-corrected chi connectivity index (χ1v) is 11.1. The van der Waals surface area contributed by atoms with Crippen LogP contribution >= 0.6 is 0 Å². The highest BCUT2D eigenvalue weighted by Crippen LogP contribution is 2.31. The van der Waals surface area contributed by atoms with Gasteiger partial charge in [-0.05, 0) is 43.7 Å². The third-order valence-corrected chi connectivity index (χ3v) is 5.66. The second-order valence-corrected chi connectivity index (χ2v) is 8.13. The minimum atomic E-state index is -0.614. The fourth-order valence-corrected chi connectivity index (χ4v) is 3.88. The van der Waals surface area contributed by atoms with Crippen molar-refractivity contribution in [2.45, 2.75) is 20.3 Å². The van der Waals surface area contributed by atoms with Crippen LogP contribution in [-0.2, 0) is 0 Å². The molecule has 3 aromatic carbocycles. The number of anilines is 2. The molecule has 0 atom stereocenters. The van der Waals surface area contributed by atoms with Gasteiger partial charge in [0.1, 0.15) is 11.1 Å². The third-order valence-electron chi connectivity index (χ3n) is 5.66. The van der Waals surface area contributed by atoms with E-state index in [1.54, 1.807) is 30.3 Å². The number of aryl methyl sites for hydroxylation is 1. The van der Waals surface area contributed by atoms with E-state index >= 15 is 0 Å². The zero-order valence-electron chi connectivity index (χ0n) is 18.8. The number of nitrogens with zero attached hydrogens (tertiary/aromatic N) is 1. The fourth-order valence-electron chi connectivity index (χ4n) is 3.88. The van der Waals surface area contributed by atoms with Gasteiger partial charge in [-0.3, -0.25) is 4.79 Å². The molecule has 2 heterocycles. The van der Waals surface area contributed by atoms with Gasteiger partial charge in [0, 0.05) is 23.1 Å². The average Bonchev–Trinajstić information content (AvgIpc) is 3.27. The molecule has 170 valence electrons. The molecule has 0 unspecified atom stereocenters. The van der Waals surface area contributed by atoms with Crippen molar-refractivity contribution >= 4 is 39.2 Å². The third kappa shape index (κ3) is 3.92. The molecule has 0 saturated heterocycles. The number of rotatable bonds is 6. The average molecular weight is 453 g/mol. The molecule has 0 aliphatic heterocycles. The molecule has 5 aromatic rings. The first-order chi connectivity index (χ1) is 16.5. The zero-order chi connectivity index (χ0) is 23.7. The summed E-state index contributed by atoms with van der Waals surface area (Å²) in [7, 11) is 0. The van der Waals surface area contributed by atoms with Crippen LogP contribution in [0.25, 0.3) is 33.2 Å². The van der Waals surface area contributed by atoms with E-state index in [9.17, 15) is 9.59 Å². The minimum absolute atomic E-state index is 0.0846. The molecule has 0 bridgehead atoms. The number of hydrogen-bond donors (Lipinski definition) is 2. The lowest BCUT2D eigenvalue weighted by Crippen LogP contribution is -2.20. The molecule has 0 aliphatic rings.